The topological polar surface area (TPSA) is 125 Å². The SMILES string of the molecule is COCOC[C@]1(O)[C@H](NC(C)=O)[C@H](O)[C@@H](OCOC)[C@@H]1OCOC. The van der Waals surface area contributed by atoms with Crippen molar-refractivity contribution in [1.29, 1.82) is 0 Å². The lowest BCUT2D eigenvalue weighted by molar-refractivity contribution is -0.213. The number of nitrogens with one attached hydrogen (secondary N) is 1. The lowest BCUT2D eigenvalue weighted by atomic mass is 9.95. The minimum atomic E-state index is -1.76. The molecular weight excluding hydrogens is 326 g/mol. The Morgan fingerprint density at radius 1 is 1.08 bits per heavy atom. The molecule has 0 aromatic heterocycles. The summed E-state index contributed by atoms with van der Waals surface area (Å²) in [5, 5.41) is 24.1. The highest BCUT2D eigenvalue weighted by molar-refractivity contribution is 5.73. The van der Waals surface area contributed by atoms with Gasteiger partial charge in [-0.25, -0.2) is 0 Å². The molecule has 142 valence electrons. The van der Waals surface area contributed by atoms with E-state index in [2.05, 4.69) is 5.32 Å². The highest BCUT2D eigenvalue weighted by Gasteiger charge is 2.62. The molecule has 0 aromatic rings. The summed E-state index contributed by atoms with van der Waals surface area (Å²) in [7, 11) is 4.27. The van der Waals surface area contributed by atoms with Gasteiger partial charge < -0.3 is 44.0 Å². The molecular formula is C14H27NO9. The van der Waals surface area contributed by atoms with Crippen molar-refractivity contribution in [2.75, 3.05) is 48.3 Å². The molecule has 1 aliphatic rings. The van der Waals surface area contributed by atoms with Crippen LogP contribution in [0.2, 0.25) is 0 Å². The van der Waals surface area contributed by atoms with E-state index in [-0.39, 0.29) is 27.0 Å². The van der Waals surface area contributed by atoms with Crippen molar-refractivity contribution in [2.24, 2.45) is 0 Å². The Labute approximate surface area is 140 Å². The summed E-state index contributed by atoms with van der Waals surface area (Å²) >= 11 is 0. The number of methoxy groups -OCH3 is 3. The molecule has 10 nitrogen and oxygen atoms in total. The first-order chi connectivity index (χ1) is 11.4. The number of aliphatic hydroxyl groups excluding tert-OH is 1. The summed E-state index contributed by atoms with van der Waals surface area (Å²) in [6.45, 7) is 0.660. The zero-order chi connectivity index (χ0) is 18.2. The Bertz CT molecular complexity index is 383. The summed E-state index contributed by atoms with van der Waals surface area (Å²) < 4.78 is 30.7. The van der Waals surface area contributed by atoms with E-state index in [1.54, 1.807) is 0 Å². The Balaban J connectivity index is 3.06. The van der Waals surface area contributed by atoms with Gasteiger partial charge in [-0.1, -0.05) is 0 Å². The van der Waals surface area contributed by atoms with Crippen LogP contribution in [0.15, 0.2) is 0 Å². The number of carbonyl (C=O) groups is 1. The van der Waals surface area contributed by atoms with Crippen LogP contribution in [0.4, 0.5) is 0 Å². The average molecular weight is 353 g/mol. The first kappa shape index (κ1) is 21.2. The van der Waals surface area contributed by atoms with E-state index >= 15 is 0 Å². The minimum Gasteiger partial charge on any atom is -0.388 e. The fourth-order valence-corrected chi connectivity index (χ4v) is 2.73. The number of hydrogen-bond donors (Lipinski definition) is 3. The van der Waals surface area contributed by atoms with Crippen LogP contribution in [0, 0.1) is 0 Å². The minimum absolute atomic E-state index is 0.0776. The van der Waals surface area contributed by atoms with Gasteiger partial charge in [0.1, 0.15) is 44.3 Å². The van der Waals surface area contributed by atoms with Gasteiger partial charge in [0.05, 0.1) is 12.6 Å². The van der Waals surface area contributed by atoms with Crippen LogP contribution in [-0.2, 0) is 33.2 Å². The van der Waals surface area contributed by atoms with Crippen molar-refractivity contribution in [2.45, 2.75) is 36.9 Å². The van der Waals surface area contributed by atoms with Crippen LogP contribution in [-0.4, -0.2) is 94.4 Å². The largest absolute Gasteiger partial charge is 0.388 e. The van der Waals surface area contributed by atoms with E-state index in [1.165, 1.54) is 28.3 Å². The summed E-state index contributed by atoms with van der Waals surface area (Å²) in [4.78, 5) is 11.5. The van der Waals surface area contributed by atoms with Gasteiger partial charge in [-0.2, -0.15) is 0 Å². The Morgan fingerprint density at radius 2 is 1.67 bits per heavy atom. The molecule has 0 unspecified atom stereocenters. The van der Waals surface area contributed by atoms with Crippen molar-refractivity contribution in [3.63, 3.8) is 0 Å². The molecule has 24 heavy (non-hydrogen) atoms. The molecule has 1 fully saturated rings. The standard InChI is InChI=1S/C14H27NO9/c1-9(16)15-12-10(17)11(23-7-20-3)13(24-8-21-4)14(12,18)5-22-6-19-2/h10-13,17-18H,5-8H2,1-4H3,(H,15,16)/t10-,11-,12-,13+,14+/m1/s1. The lowest BCUT2D eigenvalue weighted by Gasteiger charge is -2.35. The van der Waals surface area contributed by atoms with Gasteiger partial charge in [-0.05, 0) is 0 Å². The molecule has 0 aromatic carbocycles. The second-order valence-corrected chi connectivity index (χ2v) is 5.45. The van der Waals surface area contributed by atoms with Crippen LogP contribution in [0.3, 0.4) is 0 Å². The average Bonchev–Trinajstić information content (AvgIpc) is 2.72. The number of aliphatic hydroxyl groups is 2. The molecule has 0 saturated heterocycles. The molecule has 3 N–H and O–H groups in total. The van der Waals surface area contributed by atoms with Crippen molar-refractivity contribution in [1.82, 2.24) is 5.32 Å². The highest BCUT2D eigenvalue weighted by Crippen LogP contribution is 2.36. The van der Waals surface area contributed by atoms with Gasteiger partial charge in [-0.15, -0.1) is 0 Å². The van der Waals surface area contributed by atoms with Crippen LogP contribution in [0.1, 0.15) is 6.92 Å². The molecule has 1 saturated carbocycles. The van der Waals surface area contributed by atoms with Gasteiger partial charge in [0.2, 0.25) is 5.91 Å². The fraction of sp³-hybridized carbons (Fsp3) is 0.929. The van der Waals surface area contributed by atoms with Gasteiger partial charge in [-0.3, -0.25) is 4.79 Å². The van der Waals surface area contributed by atoms with E-state index in [4.69, 9.17) is 28.4 Å². The van der Waals surface area contributed by atoms with Gasteiger partial charge in [0.15, 0.2) is 0 Å². The van der Waals surface area contributed by atoms with Crippen LogP contribution < -0.4 is 5.32 Å². The number of hydrogen-bond acceptors (Lipinski definition) is 9. The highest BCUT2D eigenvalue weighted by atomic mass is 16.7. The predicted molar refractivity (Wildman–Crippen MR) is 79.9 cm³/mol. The molecule has 0 spiro atoms. The zero-order valence-corrected chi connectivity index (χ0v) is 14.4. The second kappa shape index (κ2) is 10.2. The third-order valence-electron chi connectivity index (χ3n) is 3.64. The summed E-state index contributed by atoms with van der Waals surface area (Å²) in [5.74, 6) is -0.429. The summed E-state index contributed by atoms with van der Waals surface area (Å²) in [6.07, 6.45) is -3.24. The number of ether oxygens (including phenoxy) is 6. The monoisotopic (exact) mass is 353 g/mol. The molecule has 10 heteroatoms. The first-order valence-electron chi connectivity index (χ1n) is 7.37. The Kier molecular flexibility index (Phi) is 9.02. The maximum atomic E-state index is 11.5. The third-order valence-corrected chi connectivity index (χ3v) is 3.64. The number of carbonyl (C=O) groups excluding carboxylic acids is 1. The molecule has 0 aliphatic heterocycles. The molecule has 0 heterocycles. The van der Waals surface area contributed by atoms with Gasteiger partial charge in [0.25, 0.3) is 0 Å². The Hall–Kier alpha value is -0.850. The molecule has 0 radical (unpaired) electrons. The second-order valence-electron chi connectivity index (χ2n) is 5.45. The maximum Gasteiger partial charge on any atom is 0.217 e. The number of amides is 1. The smallest absolute Gasteiger partial charge is 0.217 e. The molecule has 1 amide bonds. The summed E-state index contributed by atoms with van der Waals surface area (Å²) in [6, 6.07) is -1.07. The summed E-state index contributed by atoms with van der Waals surface area (Å²) in [5.41, 5.74) is -1.76. The van der Waals surface area contributed by atoms with Crippen molar-refractivity contribution in [3.05, 3.63) is 0 Å². The van der Waals surface area contributed by atoms with Crippen LogP contribution in [0.25, 0.3) is 0 Å². The van der Waals surface area contributed by atoms with Crippen molar-refractivity contribution < 1.29 is 43.4 Å². The van der Waals surface area contributed by atoms with Gasteiger partial charge >= 0.3 is 0 Å². The molecule has 5 atom stereocenters. The quantitative estimate of drug-likeness (QED) is 0.291. The van der Waals surface area contributed by atoms with Crippen molar-refractivity contribution in [3.8, 4) is 0 Å². The Morgan fingerprint density at radius 3 is 2.21 bits per heavy atom. The molecule has 1 rings (SSSR count). The lowest BCUT2D eigenvalue weighted by Crippen LogP contribution is -2.59. The maximum absolute atomic E-state index is 11.5. The van der Waals surface area contributed by atoms with E-state index in [9.17, 15) is 15.0 Å². The van der Waals surface area contributed by atoms with Crippen LogP contribution in [0.5, 0.6) is 0 Å². The number of rotatable bonds is 11. The first-order valence-corrected chi connectivity index (χ1v) is 7.37. The molecule has 0 bridgehead atoms. The van der Waals surface area contributed by atoms with E-state index in [1.807, 2.05) is 0 Å². The third kappa shape index (κ3) is 5.07. The normalized spacial score (nSPS) is 32.9. The molecule has 1 aliphatic carbocycles. The van der Waals surface area contributed by atoms with E-state index in [0.29, 0.717) is 0 Å². The zero-order valence-electron chi connectivity index (χ0n) is 14.4. The predicted octanol–water partition coefficient (Wildman–Crippen LogP) is -1.80. The van der Waals surface area contributed by atoms with E-state index in [0.717, 1.165) is 0 Å². The van der Waals surface area contributed by atoms with Crippen LogP contribution >= 0.6 is 0 Å². The van der Waals surface area contributed by atoms with Crippen molar-refractivity contribution >= 4 is 5.91 Å². The van der Waals surface area contributed by atoms with Gasteiger partial charge in [0, 0.05) is 28.3 Å². The van der Waals surface area contributed by atoms with E-state index < -0.39 is 35.9 Å². The fourth-order valence-electron chi connectivity index (χ4n) is 2.73.